The Hall–Kier alpha value is -2.45. The number of hydrogen-bond donors (Lipinski definition) is 1. The highest BCUT2D eigenvalue weighted by Gasteiger charge is 2.23. The van der Waals surface area contributed by atoms with Crippen LogP contribution in [0.15, 0.2) is 28.9 Å². The van der Waals surface area contributed by atoms with Gasteiger partial charge in [0.25, 0.3) is 11.8 Å². The zero-order chi connectivity index (χ0) is 15.9. The number of benzene rings is 1. The number of aromatic nitrogens is 4. The number of nitrogens with one attached hydrogen (secondary N) is 1. The van der Waals surface area contributed by atoms with E-state index in [0.29, 0.717) is 31.1 Å². The van der Waals surface area contributed by atoms with E-state index in [1.807, 2.05) is 23.0 Å². The van der Waals surface area contributed by atoms with Crippen LogP contribution in [0.4, 0.5) is 5.95 Å². The summed E-state index contributed by atoms with van der Waals surface area (Å²) >= 11 is 0. The molecule has 2 saturated heterocycles. The molecule has 0 amide bonds. The lowest BCUT2D eigenvalue weighted by Gasteiger charge is -2.26. The lowest BCUT2D eigenvalue weighted by molar-refractivity contribution is -0.0266. The molecule has 8 heteroatoms. The van der Waals surface area contributed by atoms with Crippen molar-refractivity contribution in [1.82, 2.24) is 25.2 Å². The molecule has 2 fully saturated rings. The van der Waals surface area contributed by atoms with Crippen molar-refractivity contribution in [3.05, 3.63) is 24.4 Å². The molecule has 0 saturated carbocycles. The molecule has 0 radical (unpaired) electrons. The standard InChI is InChI=1S/C16H18N6O2/c1-2-12-8-18-22(13-9-23-10-13)14(12)7-11(1)15-19-16(20-24-15)21-5-3-17-4-6-21/h1-2,7-8,13,17H,3-6,9-10H2. The topological polar surface area (TPSA) is 81.2 Å². The maximum atomic E-state index is 5.49. The number of anilines is 1. The Morgan fingerprint density at radius 1 is 1.17 bits per heavy atom. The molecular weight excluding hydrogens is 308 g/mol. The third-order valence-electron chi connectivity index (χ3n) is 4.63. The molecule has 8 nitrogen and oxygen atoms in total. The van der Waals surface area contributed by atoms with Crippen molar-refractivity contribution in [3.63, 3.8) is 0 Å². The smallest absolute Gasteiger partial charge is 0.266 e. The zero-order valence-corrected chi connectivity index (χ0v) is 13.2. The minimum absolute atomic E-state index is 0.317. The molecule has 1 N–H and O–H groups in total. The van der Waals surface area contributed by atoms with E-state index >= 15 is 0 Å². The van der Waals surface area contributed by atoms with E-state index < -0.39 is 0 Å². The fourth-order valence-electron chi connectivity index (χ4n) is 3.15. The first kappa shape index (κ1) is 13.9. The van der Waals surface area contributed by atoms with Gasteiger partial charge in [0.2, 0.25) is 0 Å². The van der Waals surface area contributed by atoms with Crippen LogP contribution < -0.4 is 10.2 Å². The van der Waals surface area contributed by atoms with E-state index in [0.717, 1.165) is 42.6 Å². The molecule has 0 spiro atoms. The summed E-state index contributed by atoms with van der Waals surface area (Å²) in [6.07, 6.45) is 1.89. The summed E-state index contributed by atoms with van der Waals surface area (Å²) in [5.41, 5.74) is 1.99. The van der Waals surface area contributed by atoms with Crippen LogP contribution in [0, 0.1) is 0 Å². The Balaban J connectivity index is 1.48. The van der Waals surface area contributed by atoms with E-state index in [1.54, 1.807) is 0 Å². The van der Waals surface area contributed by atoms with Crippen LogP contribution in [-0.4, -0.2) is 59.3 Å². The monoisotopic (exact) mass is 326 g/mol. The number of piperazine rings is 1. The fourth-order valence-corrected chi connectivity index (χ4v) is 3.15. The highest BCUT2D eigenvalue weighted by molar-refractivity contribution is 5.83. The van der Waals surface area contributed by atoms with E-state index in [1.165, 1.54) is 0 Å². The van der Waals surface area contributed by atoms with Gasteiger partial charge >= 0.3 is 0 Å². The second-order valence-electron chi connectivity index (χ2n) is 6.19. The highest BCUT2D eigenvalue weighted by Crippen LogP contribution is 2.28. The van der Waals surface area contributed by atoms with Crippen LogP contribution in [0.25, 0.3) is 22.4 Å². The van der Waals surface area contributed by atoms with Crippen LogP contribution in [-0.2, 0) is 4.74 Å². The van der Waals surface area contributed by atoms with Crippen LogP contribution in [0.5, 0.6) is 0 Å². The molecule has 2 aromatic heterocycles. The second kappa shape index (κ2) is 5.57. The van der Waals surface area contributed by atoms with Gasteiger partial charge in [-0.2, -0.15) is 10.1 Å². The summed E-state index contributed by atoms with van der Waals surface area (Å²) in [5.74, 6) is 1.20. The van der Waals surface area contributed by atoms with E-state index in [-0.39, 0.29) is 0 Å². The molecule has 2 aliphatic rings. The van der Waals surface area contributed by atoms with Gasteiger partial charge in [0, 0.05) is 37.1 Å². The van der Waals surface area contributed by atoms with Gasteiger partial charge in [0.15, 0.2) is 0 Å². The van der Waals surface area contributed by atoms with Crippen molar-refractivity contribution >= 4 is 16.9 Å². The van der Waals surface area contributed by atoms with E-state index in [2.05, 4.69) is 31.5 Å². The Labute approximate surface area is 138 Å². The molecular formula is C16H18N6O2. The second-order valence-corrected chi connectivity index (χ2v) is 6.19. The zero-order valence-electron chi connectivity index (χ0n) is 13.2. The van der Waals surface area contributed by atoms with Crippen LogP contribution in [0.3, 0.4) is 0 Å². The van der Waals surface area contributed by atoms with Crippen molar-refractivity contribution in [2.75, 3.05) is 44.3 Å². The third-order valence-corrected chi connectivity index (χ3v) is 4.63. The third kappa shape index (κ3) is 2.26. The molecule has 0 bridgehead atoms. The number of fused-ring (bicyclic) bond motifs is 1. The predicted octanol–water partition coefficient (Wildman–Crippen LogP) is 1.07. The minimum atomic E-state index is 0.317. The Bertz CT molecular complexity index is 862. The van der Waals surface area contributed by atoms with E-state index in [4.69, 9.17) is 9.26 Å². The number of rotatable bonds is 3. The van der Waals surface area contributed by atoms with Gasteiger partial charge < -0.3 is 19.5 Å². The fraction of sp³-hybridized carbons (Fsp3) is 0.438. The van der Waals surface area contributed by atoms with Crippen molar-refractivity contribution in [3.8, 4) is 11.5 Å². The number of nitrogens with zero attached hydrogens (tertiary/aromatic N) is 5. The lowest BCUT2D eigenvalue weighted by Crippen LogP contribution is -2.44. The molecule has 24 heavy (non-hydrogen) atoms. The SMILES string of the molecule is c1cc2cnn(C3COC3)c2cc1-c1nc(N2CCNCC2)no1. The largest absolute Gasteiger partial charge is 0.377 e. The summed E-state index contributed by atoms with van der Waals surface area (Å²) in [6.45, 7) is 5.11. The van der Waals surface area contributed by atoms with Crippen LogP contribution >= 0.6 is 0 Å². The maximum Gasteiger partial charge on any atom is 0.266 e. The molecule has 2 aliphatic heterocycles. The van der Waals surface area contributed by atoms with E-state index in [9.17, 15) is 0 Å². The summed E-state index contributed by atoms with van der Waals surface area (Å²) in [7, 11) is 0. The molecule has 0 unspecified atom stereocenters. The lowest BCUT2D eigenvalue weighted by atomic mass is 10.1. The first-order valence-electron chi connectivity index (χ1n) is 8.23. The van der Waals surface area contributed by atoms with Crippen LogP contribution in [0.2, 0.25) is 0 Å². The molecule has 124 valence electrons. The van der Waals surface area contributed by atoms with Gasteiger partial charge in [-0.1, -0.05) is 6.07 Å². The van der Waals surface area contributed by atoms with Gasteiger partial charge in [-0.3, -0.25) is 4.68 Å². The molecule has 5 rings (SSSR count). The summed E-state index contributed by atoms with van der Waals surface area (Å²) in [4.78, 5) is 6.71. The van der Waals surface area contributed by atoms with Gasteiger partial charge in [0.05, 0.1) is 31.0 Å². The van der Waals surface area contributed by atoms with Crippen molar-refractivity contribution < 1.29 is 9.26 Å². The average molecular weight is 326 g/mol. The maximum absolute atomic E-state index is 5.49. The molecule has 3 aromatic rings. The predicted molar refractivity (Wildman–Crippen MR) is 88.0 cm³/mol. The van der Waals surface area contributed by atoms with Crippen LogP contribution in [0.1, 0.15) is 6.04 Å². The molecule has 0 aliphatic carbocycles. The Kier molecular flexibility index (Phi) is 3.24. The molecule has 1 aromatic carbocycles. The highest BCUT2D eigenvalue weighted by atomic mass is 16.5. The average Bonchev–Trinajstić information content (AvgIpc) is 3.22. The summed E-state index contributed by atoms with van der Waals surface area (Å²) < 4.78 is 12.8. The minimum Gasteiger partial charge on any atom is -0.377 e. The van der Waals surface area contributed by atoms with Crippen molar-refractivity contribution in [1.29, 1.82) is 0 Å². The number of hydrogen-bond acceptors (Lipinski definition) is 7. The molecule has 0 atom stereocenters. The van der Waals surface area contributed by atoms with Crippen molar-refractivity contribution in [2.24, 2.45) is 0 Å². The summed E-state index contributed by atoms with van der Waals surface area (Å²) in [6, 6.07) is 6.43. The number of ether oxygens (including phenoxy) is 1. The van der Waals surface area contributed by atoms with Gasteiger partial charge in [-0.25, -0.2) is 0 Å². The van der Waals surface area contributed by atoms with Gasteiger partial charge in [-0.15, -0.1) is 0 Å². The Morgan fingerprint density at radius 2 is 2.04 bits per heavy atom. The first-order valence-corrected chi connectivity index (χ1v) is 8.23. The van der Waals surface area contributed by atoms with Gasteiger partial charge in [0.1, 0.15) is 0 Å². The normalized spacial score (nSPS) is 18.9. The molecule has 4 heterocycles. The summed E-state index contributed by atoms with van der Waals surface area (Å²) in [5, 5.41) is 13.0. The quantitative estimate of drug-likeness (QED) is 0.771. The first-order chi connectivity index (χ1) is 11.9. The Morgan fingerprint density at radius 3 is 2.83 bits per heavy atom. The van der Waals surface area contributed by atoms with Crippen molar-refractivity contribution in [2.45, 2.75) is 6.04 Å². The van der Waals surface area contributed by atoms with Gasteiger partial charge in [-0.05, 0) is 17.3 Å².